The highest BCUT2D eigenvalue weighted by Gasteiger charge is 2.30. The summed E-state index contributed by atoms with van der Waals surface area (Å²) in [5, 5.41) is 5.95. The summed E-state index contributed by atoms with van der Waals surface area (Å²) < 4.78 is 0. The maximum atomic E-state index is 12.6. The van der Waals surface area contributed by atoms with Gasteiger partial charge in [-0.3, -0.25) is 14.5 Å². The molecule has 1 aliphatic rings. The largest absolute Gasteiger partial charge is 0.326 e. The van der Waals surface area contributed by atoms with Crippen LogP contribution in [0.4, 0.5) is 11.4 Å². The summed E-state index contributed by atoms with van der Waals surface area (Å²) in [5.74, 6) is -0.117. The average Bonchev–Trinajstić information content (AvgIpc) is 2.70. The lowest BCUT2D eigenvalue weighted by Crippen LogP contribution is -2.49. The normalized spacial score (nSPS) is 18.5. The van der Waals surface area contributed by atoms with E-state index in [1.165, 1.54) is 0 Å². The van der Waals surface area contributed by atoms with E-state index in [1.54, 1.807) is 0 Å². The number of piperidine rings is 1. The summed E-state index contributed by atoms with van der Waals surface area (Å²) in [5.41, 5.74) is 2.77. The molecule has 142 valence electrons. The average molecular weight is 365 g/mol. The first-order chi connectivity index (χ1) is 13.0. The van der Waals surface area contributed by atoms with E-state index in [0.717, 1.165) is 36.3 Å². The van der Waals surface area contributed by atoms with Crippen LogP contribution in [0.15, 0.2) is 54.6 Å². The zero-order valence-electron chi connectivity index (χ0n) is 15.9. The van der Waals surface area contributed by atoms with E-state index in [-0.39, 0.29) is 23.8 Å². The van der Waals surface area contributed by atoms with Gasteiger partial charge in [0.2, 0.25) is 11.8 Å². The minimum absolute atomic E-state index is 0.0250. The van der Waals surface area contributed by atoms with Crippen LogP contribution >= 0.6 is 0 Å². The molecule has 0 radical (unpaired) electrons. The predicted molar refractivity (Wildman–Crippen MR) is 109 cm³/mol. The zero-order valence-corrected chi connectivity index (χ0v) is 15.9. The van der Waals surface area contributed by atoms with Crippen LogP contribution < -0.4 is 10.6 Å². The van der Waals surface area contributed by atoms with Crippen LogP contribution in [0.3, 0.4) is 0 Å². The van der Waals surface area contributed by atoms with E-state index in [9.17, 15) is 9.59 Å². The summed E-state index contributed by atoms with van der Waals surface area (Å²) in [6, 6.07) is 17.0. The third-order valence-corrected chi connectivity index (χ3v) is 5.11. The molecule has 0 unspecified atom stereocenters. The number of carbonyl (C=O) groups is 2. The topological polar surface area (TPSA) is 61.4 Å². The standard InChI is InChI=1S/C22H27N3O2/c1-16-10-12-20(13-11-16)23-21(26)17(2)25-14-6-7-18(15-25)22(27)24-19-8-4-3-5-9-19/h3-5,8-13,17-18H,6-7,14-15H2,1-2H3,(H,23,26)(H,24,27)/t17-,18-/m0/s1. The van der Waals surface area contributed by atoms with Crippen molar-refractivity contribution in [2.45, 2.75) is 32.7 Å². The van der Waals surface area contributed by atoms with Crippen molar-refractivity contribution in [2.75, 3.05) is 23.7 Å². The van der Waals surface area contributed by atoms with Crippen molar-refractivity contribution >= 4 is 23.2 Å². The van der Waals surface area contributed by atoms with Gasteiger partial charge in [-0.1, -0.05) is 35.9 Å². The fourth-order valence-electron chi connectivity index (χ4n) is 3.39. The van der Waals surface area contributed by atoms with E-state index in [1.807, 2.05) is 68.4 Å². The van der Waals surface area contributed by atoms with Crippen LogP contribution in [-0.2, 0) is 9.59 Å². The lowest BCUT2D eigenvalue weighted by atomic mass is 9.95. The minimum Gasteiger partial charge on any atom is -0.326 e. The molecule has 1 heterocycles. The van der Waals surface area contributed by atoms with E-state index < -0.39 is 0 Å². The van der Waals surface area contributed by atoms with Crippen LogP contribution in [0.2, 0.25) is 0 Å². The zero-order chi connectivity index (χ0) is 19.2. The highest BCUT2D eigenvalue weighted by atomic mass is 16.2. The van der Waals surface area contributed by atoms with Crippen LogP contribution in [-0.4, -0.2) is 35.8 Å². The number of para-hydroxylation sites is 1. The van der Waals surface area contributed by atoms with Crippen molar-refractivity contribution in [3.8, 4) is 0 Å². The minimum atomic E-state index is -0.279. The van der Waals surface area contributed by atoms with Crippen molar-refractivity contribution in [3.05, 3.63) is 60.2 Å². The van der Waals surface area contributed by atoms with Gasteiger partial charge in [-0.25, -0.2) is 0 Å². The molecule has 1 fully saturated rings. The Bertz CT molecular complexity index is 774. The van der Waals surface area contributed by atoms with Crippen LogP contribution in [0, 0.1) is 12.8 Å². The number of nitrogens with zero attached hydrogens (tertiary/aromatic N) is 1. The lowest BCUT2D eigenvalue weighted by molar-refractivity contribution is -0.125. The van der Waals surface area contributed by atoms with Gasteiger partial charge in [0.1, 0.15) is 0 Å². The van der Waals surface area contributed by atoms with E-state index in [2.05, 4.69) is 15.5 Å². The molecule has 1 aliphatic heterocycles. The van der Waals surface area contributed by atoms with Crippen LogP contribution in [0.25, 0.3) is 0 Å². The van der Waals surface area contributed by atoms with Gasteiger partial charge < -0.3 is 10.6 Å². The fourth-order valence-corrected chi connectivity index (χ4v) is 3.39. The van der Waals surface area contributed by atoms with Gasteiger partial charge in [0.15, 0.2) is 0 Å². The molecule has 0 aromatic heterocycles. The number of nitrogens with one attached hydrogen (secondary N) is 2. The monoisotopic (exact) mass is 365 g/mol. The van der Waals surface area contributed by atoms with Crippen LogP contribution in [0.1, 0.15) is 25.3 Å². The molecule has 27 heavy (non-hydrogen) atoms. The molecule has 0 bridgehead atoms. The van der Waals surface area contributed by atoms with Gasteiger partial charge in [-0.2, -0.15) is 0 Å². The molecule has 2 aromatic carbocycles. The molecule has 3 rings (SSSR count). The second kappa shape index (κ2) is 8.82. The first-order valence-corrected chi connectivity index (χ1v) is 9.50. The molecule has 1 saturated heterocycles. The lowest BCUT2D eigenvalue weighted by Gasteiger charge is -2.35. The number of carbonyl (C=O) groups excluding carboxylic acids is 2. The summed E-state index contributed by atoms with van der Waals surface area (Å²) in [6.45, 7) is 5.35. The number of amides is 2. The first-order valence-electron chi connectivity index (χ1n) is 9.50. The molecule has 2 N–H and O–H groups in total. The Hall–Kier alpha value is -2.66. The van der Waals surface area contributed by atoms with E-state index in [0.29, 0.717) is 6.54 Å². The highest BCUT2D eigenvalue weighted by Crippen LogP contribution is 2.21. The van der Waals surface area contributed by atoms with Crippen LogP contribution in [0.5, 0.6) is 0 Å². The second-order valence-corrected chi connectivity index (χ2v) is 7.22. The number of hydrogen-bond donors (Lipinski definition) is 2. The summed E-state index contributed by atoms with van der Waals surface area (Å²) in [7, 11) is 0. The molecular weight excluding hydrogens is 338 g/mol. The maximum absolute atomic E-state index is 12.6. The fraction of sp³-hybridized carbons (Fsp3) is 0.364. The van der Waals surface area contributed by atoms with Gasteiger partial charge in [-0.05, 0) is 57.5 Å². The Labute approximate surface area is 160 Å². The Morgan fingerprint density at radius 1 is 1.00 bits per heavy atom. The number of likely N-dealkylation sites (tertiary alicyclic amines) is 1. The maximum Gasteiger partial charge on any atom is 0.241 e. The van der Waals surface area contributed by atoms with Crippen molar-refractivity contribution in [1.82, 2.24) is 4.90 Å². The number of anilines is 2. The molecule has 0 aliphatic carbocycles. The molecule has 5 nitrogen and oxygen atoms in total. The third kappa shape index (κ3) is 5.17. The van der Waals surface area contributed by atoms with Gasteiger partial charge in [0.05, 0.1) is 12.0 Å². The Kier molecular flexibility index (Phi) is 6.24. The predicted octanol–water partition coefficient (Wildman–Crippen LogP) is 3.67. The summed E-state index contributed by atoms with van der Waals surface area (Å²) in [6.07, 6.45) is 1.76. The first kappa shape index (κ1) is 19.1. The number of benzene rings is 2. The Morgan fingerprint density at radius 2 is 1.67 bits per heavy atom. The van der Waals surface area contributed by atoms with Crippen molar-refractivity contribution in [1.29, 1.82) is 0 Å². The molecule has 0 saturated carbocycles. The van der Waals surface area contributed by atoms with Gasteiger partial charge in [0.25, 0.3) is 0 Å². The number of aryl methyl sites for hydroxylation is 1. The van der Waals surface area contributed by atoms with Gasteiger partial charge in [-0.15, -0.1) is 0 Å². The van der Waals surface area contributed by atoms with Gasteiger partial charge in [0, 0.05) is 17.9 Å². The molecule has 2 aromatic rings. The van der Waals surface area contributed by atoms with Crippen molar-refractivity contribution < 1.29 is 9.59 Å². The number of rotatable bonds is 5. The summed E-state index contributed by atoms with van der Waals surface area (Å²) >= 11 is 0. The van der Waals surface area contributed by atoms with Crippen molar-refractivity contribution in [2.24, 2.45) is 5.92 Å². The molecule has 0 spiro atoms. The quantitative estimate of drug-likeness (QED) is 0.850. The number of hydrogen-bond acceptors (Lipinski definition) is 3. The highest BCUT2D eigenvalue weighted by molar-refractivity contribution is 5.95. The smallest absolute Gasteiger partial charge is 0.241 e. The van der Waals surface area contributed by atoms with E-state index in [4.69, 9.17) is 0 Å². The Morgan fingerprint density at radius 3 is 2.37 bits per heavy atom. The SMILES string of the molecule is Cc1ccc(NC(=O)[C@H](C)N2CCC[C@H](C(=O)Nc3ccccc3)C2)cc1. The molecule has 2 atom stereocenters. The Balaban J connectivity index is 1.57. The molecule has 5 heteroatoms. The second-order valence-electron chi connectivity index (χ2n) is 7.22. The molecule has 2 amide bonds. The van der Waals surface area contributed by atoms with Crippen molar-refractivity contribution in [3.63, 3.8) is 0 Å². The summed E-state index contributed by atoms with van der Waals surface area (Å²) in [4.78, 5) is 27.3. The molecular formula is C22H27N3O2. The van der Waals surface area contributed by atoms with E-state index >= 15 is 0 Å². The third-order valence-electron chi connectivity index (χ3n) is 5.11. The van der Waals surface area contributed by atoms with Gasteiger partial charge >= 0.3 is 0 Å².